The van der Waals surface area contributed by atoms with Gasteiger partial charge in [-0.3, -0.25) is 4.90 Å². The number of carbonyl (C=O) groups is 1. The number of aliphatic hydroxyl groups excluding tert-OH is 1. The normalized spacial score (nSPS) is 26.6. The van der Waals surface area contributed by atoms with Crippen LogP contribution in [0.2, 0.25) is 0 Å². The van der Waals surface area contributed by atoms with E-state index in [0.29, 0.717) is 13.0 Å². The lowest BCUT2D eigenvalue weighted by atomic mass is 10.1. The summed E-state index contributed by atoms with van der Waals surface area (Å²) < 4.78 is 5.78. The topological polar surface area (TPSA) is 70.0 Å². The summed E-state index contributed by atoms with van der Waals surface area (Å²) in [4.78, 5) is 12.4. The molecule has 0 aromatic heterocycles. The highest BCUT2D eigenvalue weighted by molar-refractivity contribution is 5.66. The van der Waals surface area contributed by atoms with Crippen molar-refractivity contribution in [1.29, 1.82) is 0 Å². The van der Waals surface area contributed by atoms with Crippen LogP contribution in [0, 0.1) is 0 Å². The number of likely N-dealkylation sites (tertiary alicyclic amines) is 1. The monoisotopic (exact) mass is 265 g/mol. The number of aliphatic hydroxyl groups is 1. The number of nitrogens with zero attached hydrogens (tertiary/aromatic N) is 1. The quantitative estimate of drug-likeness (QED) is 0.869. The molecule has 3 atom stereocenters. The van der Waals surface area contributed by atoms with Gasteiger partial charge in [0, 0.05) is 6.04 Å². The fourth-order valence-corrected chi connectivity index (χ4v) is 2.61. The molecule has 1 saturated heterocycles. The maximum atomic E-state index is 11.2. The molecular weight excluding hydrogens is 246 g/mol. The molecular formula is C14H19NO4. The second kappa shape index (κ2) is 6.04. The first-order valence-corrected chi connectivity index (χ1v) is 6.41. The number of carboxylic acid groups (broad SMARTS) is 1. The number of hydrogen-bond acceptors (Lipinski definition) is 3. The molecule has 104 valence electrons. The summed E-state index contributed by atoms with van der Waals surface area (Å²) in [6, 6.07) is 9.12. The van der Waals surface area contributed by atoms with Gasteiger partial charge in [-0.2, -0.15) is 0 Å². The molecule has 2 rings (SSSR count). The maximum absolute atomic E-state index is 11.2. The predicted octanol–water partition coefficient (Wildman–Crippen LogP) is 1.70. The fraction of sp³-hybridized carbons (Fsp3) is 0.500. The minimum atomic E-state index is -1.00. The summed E-state index contributed by atoms with van der Waals surface area (Å²) in [6.07, 6.45) is -0.640. The standard InChI is InChI=1S/C14H19NO4/c1-10-7-13(12(8-16)15(10)14(17)18)19-9-11-5-3-2-4-6-11/h2-6,10,12-13,16H,7-9H2,1H3,(H,17,18). The van der Waals surface area contributed by atoms with Crippen molar-refractivity contribution in [3.05, 3.63) is 35.9 Å². The van der Waals surface area contributed by atoms with Gasteiger partial charge in [-0.05, 0) is 18.9 Å². The summed E-state index contributed by atoms with van der Waals surface area (Å²) in [6.45, 7) is 2.06. The second-order valence-electron chi connectivity index (χ2n) is 4.86. The van der Waals surface area contributed by atoms with Gasteiger partial charge in [-0.15, -0.1) is 0 Å². The molecule has 1 aromatic carbocycles. The van der Waals surface area contributed by atoms with Crippen LogP contribution in [0.4, 0.5) is 4.79 Å². The molecule has 0 radical (unpaired) electrons. The van der Waals surface area contributed by atoms with Crippen molar-refractivity contribution in [2.75, 3.05) is 6.61 Å². The third kappa shape index (κ3) is 3.05. The fourth-order valence-electron chi connectivity index (χ4n) is 2.61. The molecule has 0 spiro atoms. The van der Waals surface area contributed by atoms with Crippen molar-refractivity contribution in [1.82, 2.24) is 4.90 Å². The van der Waals surface area contributed by atoms with Crippen LogP contribution in [0.1, 0.15) is 18.9 Å². The van der Waals surface area contributed by atoms with E-state index in [4.69, 9.17) is 9.84 Å². The lowest BCUT2D eigenvalue weighted by Crippen LogP contribution is -2.44. The van der Waals surface area contributed by atoms with Crippen LogP contribution in [0.15, 0.2) is 30.3 Å². The SMILES string of the molecule is CC1CC(OCc2ccccc2)C(CO)N1C(=O)O. The minimum Gasteiger partial charge on any atom is -0.465 e. The molecule has 1 heterocycles. The summed E-state index contributed by atoms with van der Waals surface area (Å²) in [5.74, 6) is 0. The van der Waals surface area contributed by atoms with Crippen molar-refractivity contribution < 1.29 is 19.7 Å². The van der Waals surface area contributed by atoms with Crippen molar-refractivity contribution in [3.8, 4) is 0 Å². The molecule has 0 bridgehead atoms. The highest BCUT2D eigenvalue weighted by Crippen LogP contribution is 2.27. The van der Waals surface area contributed by atoms with Crippen LogP contribution in [0.25, 0.3) is 0 Å². The third-order valence-corrected chi connectivity index (χ3v) is 3.55. The van der Waals surface area contributed by atoms with E-state index in [9.17, 15) is 9.90 Å². The molecule has 1 fully saturated rings. The zero-order valence-corrected chi connectivity index (χ0v) is 10.9. The molecule has 1 amide bonds. The average molecular weight is 265 g/mol. The van der Waals surface area contributed by atoms with Crippen molar-refractivity contribution in [3.63, 3.8) is 0 Å². The van der Waals surface area contributed by atoms with E-state index in [1.165, 1.54) is 4.90 Å². The van der Waals surface area contributed by atoms with Crippen LogP contribution >= 0.6 is 0 Å². The van der Waals surface area contributed by atoms with Gasteiger partial charge < -0.3 is 14.9 Å². The van der Waals surface area contributed by atoms with Gasteiger partial charge in [0.25, 0.3) is 0 Å². The van der Waals surface area contributed by atoms with E-state index in [1.54, 1.807) is 0 Å². The van der Waals surface area contributed by atoms with E-state index >= 15 is 0 Å². The summed E-state index contributed by atoms with van der Waals surface area (Å²) >= 11 is 0. The van der Waals surface area contributed by atoms with Crippen LogP contribution in [0.3, 0.4) is 0 Å². The molecule has 1 aliphatic heterocycles. The number of amides is 1. The molecule has 3 unspecified atom stereocenters. The Hall–Kier alpha value is -1.59. The second-order valence-corrected chi connectivity index (χ2v) is 4.86. The first-order valence-electron chi connectivity index (χ1n) is 6.41. The Morgan fingerprint density at radius 3 is 2.68 bits per heavy atom. The Balaban J connectivity index is 1.99. The Bertz CT molecular complexity index is 423. The average Bonchev–Trinajstić information content (AvgIpc) is 2.73. The highest BCUT2D eigenvalue weighted by Gasteiger charge is 2.42. The Labute approximate surface area is 112 Å². The molecule has 1 aliphatic rings. The molecule has 0 saturated carbocycles. The van der Waals surface area contributed by atoms with Crippen molar-refractivity contribution in [2.24, 2.45) is 0 Å². The molecule has 0 aliphatic carbocycles. The first kappa shape index (κ1) is 13.8. The summed E-state index contributed by atoms with van der Waals surface area (Å²) in [7, 11) is 0. The van der Waals surface area contributed by atoms with E-state index in [2.05, 4.69) is 0 Å². The van der Waals surface area contributed by atoms with Crippen molar-refractivity contribution in [2.45, 2.75) is 38.1 Å². The van der Waals surface area contributed by atoms with Gasteiger partial charge >= 0.3 is 6.09 Å². The van der Waals surface area contributed by atoms with Crippen molar-refractivity contribution >= 4 is 6.09 Å². The zero-order chi connectivity index (χ0) is 13.8. The van der Waals surface area contributed by atoms with Gasteiger partial charge in [0.05, 0.1) is 25.4 Å². The Morgan fingerprint density at radius 2 is 2.11 bits per heavy atom. The number of hydrogen-bond donors (Lipinski definition) is 2. The van der Waals surface area contributed by atoms with E-state index < -0.39 is 12.1 Å². The first-order chi connectivity index (χ1) is 9.13. The predicted molar refractivity (Wildman–Crippen MR) is 69.8 cm³/mol. The summed E-state index contributed by atoms with van der Waals surface area (Å²) in [5.41, 5.74) is 1.04. The lowest BCUT2D eigenvalue weighted by Gasteiger charge is -2.26. The lowest BCUT2D eigenvalue weighted by molar-refractivity contribution is -0.000247. The van der Waals surface area contributed by atoms with Gasteiger partial charge in [-0.25, -0.2) is 4.79 Å². The molecule has 2 N–H and O–H groups in total. The van der Waals surface area contributed by atoms with E-state index in [-0.39, 0.29) is 18.8 Å². The van der Waals surface area contributed by atoms with Crippen LogP contribution in [-0.2, 0) is 11.3 Å². The smallest absolute Gasteiger partial charge is 0.407 e. The summed E-state index contributed by atoms with van der Waals surface area (Å²) in [5, 5.41) is 18.5. The van der Waals surface area contributed by atoms with Gasteiger partial charge in [0.2, 0.25) is 0 Å². The zero-order valence-electron chi connectivity index (χ0n) is 10.9. The van der Waals surface area contributed by atoms with Gasteiger partial charge in [-0.1, -0.05) is 30.3 Å². The van der Waals surface area contributed by atoms with E-state index in [0.717, 1.165) is 5.56 Å². The largest absolute Gasteiger partial charge is 0.465 e. The third-order valence-electron chi connectivity index (χ3n) is 3.55. The molecule has 5 nitrogen and oxygen atoms in total. The van der Waals surface area contributed by atoms with E-state index in [1.807, 2.05) is 37.3 Å². The van der Waals surface area contributed by atoms with Gasteiger partial charge in [0.1, 0.15) is 0 Å². The number of ether oxygens (including phenoxy) is 1. The maximum Gasteiger partial charge on any atom is 0.407 e. The molecule has 1 aromatic rings. The highest BCUT2D eigenvalue weighted by atomic mass is 16.5. The minimum absolute atomic E-state index is 0.129. The molecule has 5 heteroatoms. The Morgan fingerprint density at radius 1 is 1.42 bits per heavy atom. The van der Waals surface area contributed by atoms with Crippen LogP contribution < -0.4 is 0 Å². The Kier molecular flexibility index (Phi) is 4.39. The van der Waals surface area contributed by atoms with Crippen LogP contribution in [-0.4, -0.2) is 46.0 Å². The number of rotatable bonds is 4. The van der Waals surface area contributed by atoms with Gasteiger partial charge in [0.15, 0.2) is 0 Å². The molecule has 19 heavy (non-hydrogen) atoms. The van der Waals surface area contributed by atoms with Crippen LogP contribution in [0.5, 0.6) is 0 Å². The number of benzene rings is 1.